The molecular weight excluding hydrogens is 372 g/mol. The average molecular weight is 405 g/mol. The smallest absolute Gasteiger partial charge is 0.323 e. The number of nitrogens with zero attached hydrogens (tertiary/aromatic N) is 3. The molecule has 1 aromatic carbocycles. The van der Waals surface area contributed by atoms with E-state index in [-0.39, 0.29) is 12.1 Å². The van der Waals surface area contributed by atoms with Gasteiger partial charge in [0.15, 0.2) is 0 Å². The molecule has 0 fully saturated rings. The summed E-state index contributed by atoms with van der Waals surface area (Å²) < 4.78 is 16.4. The van der Waals surface area contributed by atoms with Crippen molar-refractivity contribution in [3.8, 4) is 6.01 Å². The van der Waals surface area contributed by atoms with Gasteiger partial charge in [0.25, 0.3) is 0 Å². The lowest BCUT2D eigenvalue weighted by molar-refractivity contribution is 0.0547. The van der Waals surface area contributed by atoms with E-state index in [9.17, 15) is 0 Å². The van der Waals surface area contributed by atoms with E-state index < -0.39 is 0 Å². The van der Waals surface area contributed by atoms with E-state index in [1.807, 2.05) is 32.0 Å². The van der Waals surface area contributed by atoms with Crippen molar-refractivity contribution in [1.82, 2.24) is 15.0 Å². The zero-order chi connectivity index (χ0) is 20.7. The molecule has 1 heterocycles. The van der Waals surface area contributed by atoms with E-state index in [2.05, 4.69) is 37.7 Å². The summed E-state index contributed by atoms with van der Waals surface area (Å²) in [4.78, 5) is 13.1. The normalized spacial score (nSPS) is 10.9. The third-order valence-electron chi connectivity index (χ3n) is 3.66. The summed E-state index contributed by atoms with van der Waals surface area (Å²) in [5.74, 6) is 0.922. The first-order valence-electron chi connectivity index (χ1n) is 9.97. The van der Waals surface area contributed by atoms with Gasteiger partial charge in [0, 0.05) is 19.6 Å². The summed E-state index contributed by atoms with van der Waals surface area (Å²) in [6.45, 7) is 7.76. The highest BCUT2D eigenvalue weighted by molar-refractivity contribution is 5.36. The molecule has 1 aromatic heterocycles. The van der Waals surface area contributed by atoms with Gasteiger partial charge in [-0.15, -0.1) is 0 Å². The quantitative estimate of drug-likeness (QED) is 0.381. The first kappa shape index (κ1) is 22.8. The molecule has 4 N–H and O–H groups in total. The molecule has 0 bridgehead atoms. The molecular formula is C20H32N6O3. The number of anilines is 2. The van der Waals surface area contributed by atoms with Crippen LogP contribution in [0.4, 0.5) is 11.9 Å². The molecule has 29 heavy (non-hydrogen) atoms. The Hall–Kier alpha value is -2.49. The molecule has 0 saturated heterocycles. The van der Waals surface area contributed by atoms with Crippen LogP contribution in [0.5, 0.6) is 6.01 Å². The van der Waals surface area contributed by atoms with Crippen molar-refractivity contribution < 1.29 is 14.2 Å². The average Bonchev–Trinajstić information content (AvgIpc) is 2.70. The first-order chi connectivity index (χ1) is 14.2. The van der Waals surface area contributed by atoms with Crippen molar-refractivity contribution in [2.24, 2.45) is 5.73 Å². The fraction of sp³-hybridized carbons (Fsp3) is 0.550. The second-order valence-electron chi connectivity index (χ2n) is 6.53. The van der Waals surface area contributed by atoms with Gasteiger partial charge in [-0.05, 0) is 25.8 Å². The van der Waals surface area contributed by atoms with Crippen molar-refractivity contribution in [2.75, 3.05) is 56.7 Å². The molecule has 0 aliphatic heterocycles. The number of ether oxygens (including phenoxy) is 3. The van der Waals surface area contributed by atoms with Crippen LogP contribution in [0, 0.1) is 0 Å². The third kappa shape index (κ3) is 10.0. The highest BCUT2D eigenvalue weighted by atomic mass is 16.5. The van der Waals surface area contributed by atoms with E-state index in [0.717, 1.165) is 6.42 Å². The minimum Gasteiger partial charge on any atom is -0.461 e. The van der Waals surface area contributed by atoms with Crippen LogP contribution >= 0.6 is 0 Å². The van der Waals surface area contributed by atoms with Crippen molar-refractivity contribution >= 4 is 11.9 Å². The highest BCUT2D eigenvalue weighted by Crippen LogP contribution is 2.13. The van der Waals surface area contributed by atoms with Gasteiger partial charge in [0.05, 0.1) is 32.5 Å². The molecule has 160 valence electrons. The van der Waals surface area contributed by atoms with Crippen LogP contribution in [0.1, 0.15) is 19.4 Å². The summed E-state index contributed by atoms with van der Waals surface area (Å²) in [6.07, 6.45) is 0.842. The summed E-state index contributed by atoms with van der Waals surface area (Å²) in [7, 11) is 0. The monoisotopic (exact) mass is 404 g/mol. The van der Waals surface area contributed by atoms with E-state index in [0.29, 0.717) is 58.0 Å². The van der Waals surface area contributed by atoms with Crippen LogP contribution in [-0.4, -0.2) is 67.1 Å². The Morgan fingerprint density at radius 1 is 0.862 bits per heavy atom. The second kappa shape index (κ2) is 13.6. The molecule has 9 nitrogen and oxygen atoms in total. The van der Waals surface area contributed by atoms with Gasteiger partial charge in [0.2, 0.25) is 11.9 Å². The summed E-state index contributed by atoms with van der Waals surface area (Å²) in [6, 6.07) is 10.5. The molecule has 0 aliphatic carbocycles. The minimum absolute atomic E-state index is 0.0285. The lowest BCUT2D eigenvalue weighted by Crippen LogP contribution is -2.18. The second-order valence-corrected chi connectivity index (χ2v) is 6.53. The van der Waals surface area contributed by atoms with Gasteiger partial charge >= 0.3 is 6.01 Å². The van der Waals surface area contributed by atoms with E-state index in [1.165, 1.54) is 5.56 Å². The van der Waals surface area contributed by atoms with Crippen LogP contribution in [0.25, 0.3) is 0 Å². The lowest BCUT2D eigenvalue weighted by Gasteiger charge is -2.12. The van der Waals surface area contributed by atoms with Gasteiger partial charge in [-0.2, -0.15) is 15.0 Å². The van der Waals surface area contributed by atoms with Crippen molar-refractivity contribution in [2.45, 2.75) is 26.4 Å². The molecule has 0 saturated carbocycles. The van der Waals surface area contributed by atoms with Gasteiger partial charge in [-0.3, -0.25) is 0 Å². The predicted octanol–water partition coefficient (Wildman–Crippen LogP) is 1.72. The number of rotatable bonds is 15. The highest BCUT2D eigenvalue weighted by Gasteiger charge is 2.09. The summed E-state index contributed by atoms with van der Waals surface area (Å²) in [5.41, 5.74) is 6.61. The van der Waals surface area contributed by atoms with Crippen LogP contribution in [0.15, 0.2) is 30.3 Å². The largest absolute Gasteiger partial charge is 0.461 e. The van der Waals surface area contributed by atoms with Crippen LogP contribution in [0.3, 0.4) is 0 Å². The maximum Gasteiger partial charge on any atom is 0.323 e. The SMILES string of the molecule is CC(C)Oc1nc(NCCOCCOCCN)nc(NCCc2ccccc2)n1. The number of nitrogens with two attached hydrogens (primary N) is 1. The zero-order valence-corrected chi connectivity index (χ0v) is 17.3. The molecule has 2 rings (SSSR count). The number of hydrogen-bond acceptors (Lipinski definition) is 9. The number of benzene rings is 1. The van der Waals surface area contributed by atoms with Crippen molar-refractivity contribution in [1.29, 1.82) is 0 Å². The molecule has 9 heteroatoms. The van der Waals surface area contributed by atoms with Gasteiger partial charge in [-0.25, -0.2) is 0 Å². The van der Waals surface area contributed by atoms with E-state index >= 15 is 0 Å². The van der Waals surface area contributed by atoms with Crippen molar-refractivity contribution in [3.63, 3.8) is 0 Å². The van der Waals surface area contributed by atoms with E-state index in [4.69, 9.17) is 19.9 Å². The first-order valence-corrected chi connectivity index (χ1v) is 9.97. The van der Waals surface area contributed by atoms with E-state index in [1.54, 1.807) is 0 Å². The number of nitrogens with one attached hydrogen (secondary N) is 2. The van der Waals surface area contributed by atoms with Crippen LogP contribution in [-0.2, 0) is 15.9 Å². The number of hydrogen-bond donors (Lipinski definition) is 3. The predicted molar refractivity (Wildman–Crippen MR) is 113 cm³/mol. The maximum atomic E-state index is 5.64. The topological polar surface area (TPSA) is 116 Å². The Balaban J connectivity index is 1.81. The van der Waals surface area contributed by atoms with Gasteiger partial charge in [0.1, 0.15) is 0 Å². The Kier molecular flexibility index (Phi) is 10.7. The van der Waals surface area contributed by atoms with Crippen LogP contribution < -0.4 is 21.1 Å². The lowest BCUT2D eigenvalue weighted by atomic mass is 10.1. The van der Waals surface area contributed by atoms with Gasteiger partial charge < -0.3 is 30.6 Å². The molecule has 0 aliphatic rings. The standard InChI is InChI=1S/C20H32N6O3/c1-16(2)29-20-25-18(22-10-8-17-6-4-3-5-7-17)24-19(26-20)23-11-13-28-15-14-27-12-9-21/h3-7,16H,8-15,21H2,1-2H3,(H2,22,23,24,25,26). The fourth-order valence-electron chi connectivity index (χ4n) is 2.38. The molecule has 0 unspecified atom stereocenters. The zero-order valence-electron chi connectivity index (χ0n) is 17.3. The fourth-order valence-corrected chi connectivity index (χ4v) is 2.38. The van der Waals surface area contributed by atoms with Crippen molar-refractivity contribution in [3.05, 3.63) is 35.9 Å². The third-order valence-corrected chi connectivity index (χ3v) is 3.66. The number of aromatic nitrogens is 3. The molecule has 0 amide bonds. The van der Waals surface area contributed by atoms with Gasteiger partial charge in [-0.1, -0.05) is 30.3 Å². The molecule has 0 atom stereocenters. The Bertz CT molecular complexity index is 687. The maximum absolute atomic E-state index is 5.64. The Morgan fingerprint density at radius 2 is 1.52 bits per heavy atom. The molecule has 0 spiro atoms. The summed E-state index contributed by atoms with van der Waals surface area (Å²) >= 11 is 0. The summed E-state index contributed by atoms with van der Waals surface area (Å²) in [5, 5.41) is 6.38. The Morgan fingerprint density at radius 3 is 2.17 bits per heavy atom. The Labute approximate surface area is 172 Å². The molecule has 0 radical (unpaired) electrons. The van der Waals surface area contributed by atoms with Crippen LogP contribution in [0.2, 0.25) is 0 Å². The molecule has 2 aromatic rings. The minimum atomic E-state index is -0.0285.